The lowest BCUT2D eigenvalue weighted by Crippen LogP contribution is -2.44. The summed E-state index contributed by atoms with van der Waals surface area (Å²) in [4.78, 5) is 41.3. The number of anilines is 2. The van der Waals surface area contributed by atoms with E-state index < -0.39 is 0 Å². The largest absolute Gasteiger partial charge is 0.466 e. The van der Waals surface area contributed by atoms with Crippen LogP contribution in [-0.2, 0) is 19.1 Å². The average Bonchev–Trinajstić information content (AvgIpc) is 3.30. The second-order valence-electron chi connectivity index (χ2n) is 6.78. The van der Waals surface area contributed by atoms with Crippen molar-refractivity contribution in [2.75, 3.05) is 49.6 Å². The maximum atomic E-state index is 12.6. The van der Waals surface area contributed by atoms with Crippen molar-refractivity contribution in [3.05, 3.63) is 0 Å². The first-order valence-electron chi connectivity index (χ1n) is 9.29. The molecule has 10 heteroatoms. The van der Waals surface area contributed by atoms with Crippen LogP contribution in [0.25, 0.3) is 0 Å². The molecule has 0 spiro atoms. The van der Waals surface area contributed by atoms with Gasteiger partial charge in [0, 0.05) is 33.1 Å². The Labute approximate surface area is 162 Å². The zero-order valence-electron chi connectivity index (χ0n) is 15.7. The highest BCUT2D eigenvalue weighted by Crippen LogP contribution is 2.29. The molecule has 0 bridgehead atoms. The van der Waals surface area contributed by atoms with Crippen molar-refractivity contribution in [2.45, 2.75) is 32.6 Å². The fourth-order valence-electron chi connectivity index (χ4n) is 3.32. The predicted octanol–water partition coefficient (Wildman–Crippen LogP) is 0.903. The number of hydrogen-bond acceptors (Lipinski definition) is 8. The van der Waals surface area contributed by atoms with Gasteiger partial charge >= 0.3 is 5.97 Å². The number of nitrogens with zero attached hydrogens (tertiary/aromatic N) is 5. The molecule has 1 aromatic heterocycles. The van der Waals surface area contributed by atoms with Crippen molar-refractivity contribution in [3.63, 3.8) is 0 Å². The lowest BCUT2D eigenvalue weighted by atomic mass is 9.97. The summed E-state index contributed by atoms with van der Waals surface area (Å²) < 4.78 is 5.06. The van der Waals surface area contributed by atoms with Crippen LogP contribution in [0, 0.1) is 5.92 Å². The highest BCUT2D eigenvalue weighted by atomic mass is 32.1. The maximum absolute atomic E-state index is 12.6. The number of piperidine rings is 1. The Hall–Kier alpha value is -2.23. The number of amides is 2. The molecule has 9 nitrogen and oxygen atoms in total. The van der Waals surface area contributed by atoms with Crippen LogP contribution in [-0.4, -0.2) is 72.7 Å². The molecule has 148 valence electrons. The monoisotopic (exact) mass is 395 g/mol. The van der Waals surface area contributed by atoms with E-state index in [2.05, 4.69) is 10.2 Å². The van der Waals surface area contributed by atoms with E-state index in [1.54, 1.807) is 28.7 Å². The van der Waals surface area contributed by atoms with E-state index in [9.17, 15) is 14.4 Å². The minimum atomic E-state index is -0.167. The molecule has 2 saturated heterocycles. The number of ether oxygens (including phenoxy) is 1. The van der Waals surface area contributed by atoms with Gasteiger partial charge in [-0.2, -0.15) is 0 Å². The van der Waals surface area contributed by atoms with E-state index in [1.165, 1.54) is 11.3 Å². The van der Waals surface area contributed by atoms with Crippen LogP contribution in [0.3, 0.4) is 0 Å². The Kier molecular flexibility index (Phi) is 6.25. The van der Waals surface area contributed by atoms with E-state index >= 15 is 0 Å². The number of aromatic nitrogens is 2. The van der Waals surface area contributed by atoms with E-state index in [-0.39, 0.29) is 30.2 Å². The van der Waals surface area contributed by atoms with Gasteiger partial charge in [-0.25, -0.2) is 0 Å². The van der Waals surface area contributed by atoms with Crippen LogP contribution in [0.2, 0.25) is 0 Å². The van der Waals surface area contributed by atoms with Gasteiger partial charge in [0.1, 0.15) is 0 Å². The van der Waals surface area contributed by atoms with Crippen LogP contribution in [0.5, 0.6) is 0 Å². The normalized spacial score (nSPS) is 18.1. The van der Waals surface area contributed by atoms with Crippen molar-refractivity contribution >= 4 is 39.4 Å². The molecule has 0 unspecified atom stereocenters. The van der Waals surface area contributed by atoms with Crippen molar-refractivity contribution < 1.29 is 19.1 Å². The first-order valence-corrected chi connectivity index (χ1v) is 10.1. The molecule has 3 heterocycles. The molecule has 27 heavy (non-hydrogen) atoms. The summed E-state index contributed by atoms with van der Waals surface area (Å²) >= 11 is 1.32. The third-order valence-corrected chi connectivity index (χ3v) is 5.94. The molecule has 3 rings (SSSR count). The number of likely N-dealkylation sites (tertiary alicyclic amines) is 1. The molecule has 2 aliphatic rings. The molecular weight excluding hydrogens is 370 g/mol. The zero-order chi connectivity index (χ0) is 19.4. The second-order valence-corrected chi connectivity index (χ2v) is 7.71. The molecule has 0 N–H and O–H groups in total. The van der Waals surface area contributed by atoms with Crippen molar-refractivity contribution in [3.8, 4) is 0 Å². The first-order chi connectivity index (χ1) is 13.0. The van der Waals surface area contributed by atoms with Gasteiger partial charge < -0.3 is 14.5 Å². The average molecular weight is 395 g/mol. The SMILES string of the molecule is CCOC(=O)C1CCN(C(=O)CN(C)c2nnc(N3CCCC3=O)s2)CC1. The van der Waals surface area contributed by atoms with Gasteiger partial charge in [0.05, 0.1) is 19.1 Å². The third-order valence-electron chi connectivity index (χ3n) is 4.87. The second kappa shape index (κ2) is 8.64. The smallest absolute Gasteiger partial charge is 0.309 e. The van der Waals surface area contributed by atoms with E-state index in [0.29, 0.717) is 55.8 Å². The van der Waals surface area contributed by atoms with Gasteiger partial charge in [-0.3, -0.25) is 19.3 Å². The highest BCUT2D eigenvalue weighted by Gasteiger charge is 2.29. The third kappa shape index (κ3) is 4.55. The zero-order valence-corrected chi connectivity index (χ0v) is 16.5. The Bertz CT molecular complexity index is 701. The molecule has 0 radical (unpaired) electrons. The number of hydrogen-bond donors (Lipinski definition) is 0. The fourth-order valence-corrected chi connectivity index (χ4v) is 4.17. The van der Waals surface area contributed by atoms with Crippen LogP contribution < -0.4 is 9.80 Å². The van der Waals surface area contributed by atoms with Crippen LogP contribution >= 0.6 is 11.3 Å². The Morgan fingerprint density at radius 3 is 2.63 bits per heavy atom. The number of esters is 1. The summed E-state index contributed by atoms with van der Waals surface area (Å²) in [7, 11) is 1.79. The number of carbonyl (C=O) groups excluding carboxylic acids is 3. The van der Waals surface area contributed by atoms with Gasteiger partial charge in [-0.1, -0.05) is 11.3 Å². The van der Waals surface area contributed by atoms with Crippen molar-refractivity contribution in [1.82, 2.24) is 15.1 Å². The Morgan fingerprint density at radius 1 is 1.26 bits per heavy atom. The minimum absolute atomic E-state index is 0.00573. The van der Waals surface area contributed by atoms with Crippen LogP contribution in [0.15, 0.2) is 0 Å². The Balaban J connectivity index is 1.50. The number of rotatable bonds is 6. The summed E-state index contributed by atoms with van der Waals surface area (Å²) in [6, 6.07) is 0. The molecule has 2 aliphatic heterocycles. The molecule has 0 aromatic carbocycles. The lowest BCUT2D eigenvalue weighted by Gasteiger charge is -2.32. The van der Waals surface area contributed by atoms with E-state index in [0.717, 1.165) is 6.42 Å². The summed E-state index contributed by atoms with van der Waals surface area (Å²) in [5.41, 5.74) is 0. The number of carbonyl (C=O) groups is 3. The lowest BCUT2D eigenvalue weighted by molar-refractivity contribution is -0.151. The van der Waals surface area contributed by atoms with Crippen LogP contribution in [0.4, 0.5) is 10.3 Å². The fraction of sp³-hybridized carbons (Fsp3) is 0.706. The minimum Gasteiger partial charge on any atom is -0.466 e. The maximum Gasteiger partial charge on any atom is 0.309 e. The Morgan fingerprint density at radius 2 is 2.00 bits per heavy atom. The molecular formula is C17H25N5O4S. The van der Waals surface area contributed by atoms with Crippen LogP contribution in [0.1, 0.15) is 32.6 Å². The molecule has 0 saturated carbocycles. The van der Waals surface area contributed by atoms with Gasteiger partial charge in [0.2, 0.25) is 22.1 Å². The number of likely N-dealkylation sites (N-methyl/N-ethyl adjacent to an activating group) is 1. The van der Waals surface area contributed by atoms with Gasteiger partial charge in [-0.15, -0.1) is 10.2 Å². The topological polar surface area (TPSA) is 95.9 Å². The molecule has 0 atom stereocenters. The molecule has 1 aromatic rings. The summed E-state index contributed by atoms with van der Waals surface area (Å²) in [5, 5.41) is 9.41. The summed E-state index contributed by atoms with van der Waals surface area (Å²) in [6.45, 7) is 4.15. The first kappa shape index (κ1) is 19.5. The standard InChI is InChI=1S/C17H25N5O4S/c1-3-26-15(25)12-6-9-21(10-7-12)14(24)11-20(2)16-18-19-17(27-16)22-8-4-5-13(22)23/h12H,3-11H2,1-2H3. The van der Waals surface area contributed by atoms with Gasteiger partial charge in [0.15, 0.2) is 0 Å². The van der Waals surface area contributed by atoms with E-state index in [4.69, 9.17) is 4.74 Å². The predicted molar refractivity (Wildman–Crippen MR) is 101 cm³/mol. The molecule has 0 aliphatic carbocycles. The summed E-state index contributed by atoms with van der Waals surface area (Å²) in [6.07, 6.45) is 2.65. The van der Waals surface area contributed by atoms with Crippen molar-refractivity contribution in [1.29, 1.82) is 0 Å². The van der Waals surface area contributed by atoms with Crippen molar-refractivity contribution in [2.24, 2.45) is 5.92 Å². The highest BCUT2D eigenvalue weighted by molar-refractivity contribution is 7.19. The molecule has 2 amide bonds. The molecule has 2 fully saturated rings. The van der Waals surface area contributed by atoms with Gasteiger partial charge in [-0.05, 0) is 26.2 Å². The van der Waals surface area contributed by atoms with Gasteiger partial charge in [0.25, 0.3) is 0 Å². The summed E-state index contributed by atoms with van der Waals surface area (Å²) in [5.74, 6) is -0.218. The quantitative estimate of drug-likeness (QED) is 0.660. The van der Waals surface area contributed by atoms with E-state index in [1.807, 2.05) is 0 Å².